The summed E-state index contributed by atoms with van der Waals surface area (Å²) in [5.74, 6) is 1.73. The minimum Gasteiger partial charge on any atom is -0.465 e. The van der Waals surface area contributed by atoms with Crippen LogP contribution in [0.2, 0.25) is 0 Å². The number of esters is 1. The lowest BCUT2D eigenvalue weighted by Crippen LogP contribution is -2.58. The standard InChI is InChI=1S/C24H34NO6S/c1-22-16-29-21(26)15-17(22)7-8-18-19(22)9-11-23(2)20(18)10-12-24(23,3)30-32(27,28)31-25-13-5-4-6-14-25/h4-6,13-14,17-20H,7-12,15-16H2,1-3H3/q+1/t17-,18+,19-,20-,22-,23-,24-/m0/s1. The molecule has 0 bridgehead atoms. The van der Waals surface area contributed by atoms with Crippen molar-refractivity contribution in [2.45, 2.75) is 71.3 Å². The summed E-state index contributed by atoms with van der Waals surface area (Å²) in [6.45, 7) is 6.98. The van der Waals surface area contributed by atoms with E-state index in [1.165, 1.54) is 12.4 Å². The van der Waals surface area contributed by atoms with Gasteiger partial charge in [-0.1, -0.05) is 19.9 Å². The number of pyridine rings is 1. The fourth-order valence-electron chi connectivity index (χ4n) is 7.73. The van der Waals surface area contributed by atoms with Crippen LogP contribution in [0.5, 0.6) is 0 Å². The Morgan fingerprint density at radius 3 is 2.47 bits per heavy atom. The van der Waals surface area contributed by atoms with Crippen molar-refractivity contribution in [1.82, 2.24) is 0 Å². The van der Waals surface area contributed by atoms with Gasteiger partial charge in [0.2, 0.25) is 12.4 Å². The summed E-state index contributed by atoms with van der Waals surface area (Å²) < 4.78 is 43.3. The molecule has 0 spiro atoms. The van der Waals surface area contributed by atoms with Crippen LogP contribution in [-0.4, -0.2) is 26.6 Å². The van der Waals surface area contributed by atoms with Gasteiger partial charge in [0.1, 0.15) is 0 Å². The predicted molar refractivity (Wildman–Crippen MR) is 115 cm³/mol. The van der Waals surface area contributed by atoms with Gasteiger partial charge in [-0.3, -0.25) is 4.79 Å². The second-order valence-corrected chi connectivity index (χ2v) is 12.2. The van der Waals surface area contributed by atoms with E-state index in [4.69, 9.17) is 13.2 Å². The van der Waals surface area contributed by atoms with Gasteiger partial charge in [-0.25, -0.2) is 4.18 Å². The summed E-state index contributed by atoms with van der Waals surface area (Å²) in [6, 6.07) is 5.19. The number of aromatic nitrogens is 1. The van der Waals surface area contributed by atoms with Crippen LogP contribution in [-0.2, 0) is 24.1 Å². The molecule has 1 aromatic rings. The van der Waals surface area contributed by atoms with Crippen molar-refractivity contribution in [2.24, 2.45) is 34.5 Å². The number of ether oxygens (including phenoxy) is 1. The number of nitrogens with zero attached hydrogens (tertiary/aromatic N) is 1. The molecule has 1 aromatic heterocycles. The van der Waals surface area contributed by atoms with E-state index in [0.29, 0.717) is 43.1 Å². The summed E-state index contributed by atoms with van der Waals surface area (Å²) in [5.41, 5.74) is -1.04. The first-order chi connectivity index (χ1) is 15.1. The Hall–Kier alpha value is -1.67. The first kappa shape index (κ1) is 22.1. The zero-order valence-corrected chi connectivity index (χ0v) is 20.0. The molecule has 0 amide bonds. The first-order valence-electron chi connectivity index (χ1n) is 11.8. The van der Waals surface area contributed by atoms with E-state index in [2.05, 4.69) is 13.8 Å². The lowest BCUT2D eigenvalue weighted by molar-refractivity contribution is -0.857. The van der Waals surface area contributed by atoms with Gasteiger partial charge in [0.05, 0.1) is 12.2 Å². The summed E-state index contributed by atoms with van der Waals surface area (Å²) in [4.78, 5) is 11.9. The van der Waals surface area contributed by atoms with Gasteiger partial charge in [0.15, 0.2) is 0 Å². The van der Waals surface area contributed by atoms with Crippen LogP contribution in [0.1, 0.15) is 65.7 Å². The van der Waals surface area contributed by atoms with Crippen molar-refractivity contribution in [3.05, 3.63) is 30.6 Å². The molecule has 3 aliphatic carbocycles. The number of fused-ring (bicyclic) bond motifs is 5. The molecule has 8 heteroatoms. The largest absolute Gasteiger partial charge is 0.503 e. The maximum absolute atomic E-state index is 12.8. The molecular formula is C24H34NO6S+. The minimum atomic E-state index is -4.23. The SMILES string of the molecule is C[C@]12COC(=O)C[C@@H]1CC[C@@H]1[C@@H]2CC[C@@]2(C)[C@H]1CC[C@]2(C)OS(=O)(=O)O[n+]1ccccc1. The highest BCUT2D eigenvalue weighted by atomic mass is 32.3. The maximum atomic E-state index is 12.8. The fraction of sp³-hybridized carbons (Fsp3) is 0.750. The normalized spacial score (nSPS) is 43.5. The van der Waals surface area contributed by atoms with Crippen molar-refractivity contribution in [1.29, 1.82) is 0 Å². The van der Waals surface area contributed by atoms with Gasteiger partial charge in [-0.15, -0.1) is 4.28 Å². The third kappa shape index (κ3) is 3.36. The molecule has 7 atom stereocenters. The molecule has 176 valence electrons. The highest BCUT2D eigenvalue weighted by Gasteiger charge is 2.65. The van der Waals surface area contributed by atoms with Gasteiger partial charge in [-0.2, -0.15) is 8.42 Å². The van der Waals surface area contributed by atoms with Crippen LogP contribution in [0.15, 0.2) is 30.6 Å². The van der Waals surface area contributed by atoms with Crippen LogP contribution in [0.25, 0.3) is 0 Å². The molecule has 7 nitrogen and oxygen atoms in total. The van der Waals surface area contributed by atoms with Gasteiger partial charge >= 0.3 is 16.4 Å². The smallest absolute Gasteiger partial charge is 0.465 e. The van der Waals surface area contributed by atoms with Crippen molar-refractivity contribution < 1.29 is 31.1 Å². The van der Waals surface area contributed by atoms with E-state index < -0.39 is 16.0 Å². The summed E-state index contributed by atoms with van der Waals surface area (Å²) >= 11 is 0. The van der Waals surface area contributed by atoms with E-state index in [1.807, 2.05) is 6.92 Å². The highest BCUT2D eigenvalue weighted by molar-refractivity contribution is 7.82. The van der Waals surface area contributed by atoms with Gasteiger partial charge in [-0.05, 0) is 69.1 Å². The molecule has 4 aliphatic rings. The van der Waals surface area contributed by atoms with Crippen molar-refractivity contribution in [3.63, 3.8) is 0 Å². The van der Waals surface area contributed by atoms with Crippen molar-refractivity contribution >= 4 is 16.4 Å². The quantitative estimate of drug-likeness (QED) is 0.503. The van der Waals surface area contributed by atoms with Crippen LogP contribution in [0, 0.1) is 34.5 Å². The second-order valence-electron chi connectivity index (χ2n) is 11.0. The molecule has 0 aromatic carbocycles. The Bertz CT molecular complexity index is 999. The van der Waals surface area contributed by atoms with Crippen LogP contribution >= 0.6 is 0 Å². The van der Waals surface area contributed by atoms with Gasteiger partial charge in [0, 0.05) is 34.1 Å². The van der Waals surface area contributed by atoms with E-state index in [9.17, 15) is 13.2 Å². The molecule has 3 saturated carbocycles. The zero-order valence-electron chi connectivity index (χ0n) is 19.2. The monoisotopic (exact) mass is 464 g/mol. The molecule has 0 radical (unpaired) electrons. The molecule has 1 aliphatic heterocycles. The molecule has 5 rings (SSSR count). The van der Waals surface area contributed by atoms with Crippen LogP contribution < -0.4 is 9.01 Å². The van der Waals surface area contributed by atoms with E-state index in [0.717, 1.165) is 36.8 Å². The Balaban J connectivity index is 1.37. The number of cyclic esters (lactones) is 1. The highest BCUT2D eigenvalue weighted by Crippen LogP contribution is 2.68. The Morgan fingerprint density at radius 1 is 1.00 bits per heavy atom. The minimum absolute atomic E-state index is 0.0249. The average molecular weight is 465 g/mol. The Kier molecular flexibility index (Phi) is 5.13. The van der Waals surface area contributed by atoms with Crippen molar-refractivity contribution in [2.75, 3.05) is 6.61 Å². The number of carbonyl (C=O) groups is 1. The fourth-order valence-corrected chi connectivity index (χ4v) is 8.80. The van der Waals surface area contributed by atoms with E-state index >= 15 is 0 Å². The number of carbonyl (C=O) groups excluding carboxylic acids is 1. The van der Waals surface area contributed by atoms with E-state index in [1.54, 1.807) is 18.2 Å². The van der Waals surface area contributed by atoms with Gasteiger partial charge < -0.3 is 4.74 Å². The lowest BCUT2D eigenvalue weighted by Gasteiger charge is -2.60. The third-order valence-electron chi connectivity index (χ3n) is 9.70. The Labute approximate surface area is 190 Å². The molecular weight excluding hydrogens is 430 g/mol. The van der Waals surface area contributed by atoms with Crippen molar-refractivity contribution in [3.8, 4) is 0 Å². The topological polar surface area (TPSA) is 82.8 Å². The number of hydrogen-bond donors (Lipinski definition) is 0. The van der Waals surface area contributed by atoms with E-state index in [-0.39, 0.29) is 16.8 Å². The second kappa shape index (κ2) is 7.42. The molecule has 0 unspecified atom stereocenters. The summed E-state index contributed by atoms with van der Waals surface area (Å²) in [7, 11) is -4.23. The lowest BCUT2D eigenvalue weighted by atomic mass is 9.46. The Morgan fingerprint density at radius 2 is 1.72 bits per heavy atom. The van der Waals surface area contributed by atoms with Crippen LogP contribution in [0.3, 0.4) is 0 Å². The molecule has 2 heterocycles. The zero-order chi connectivity index (χ0) is 22.8. The first-order valence-corrected chi connectivity index (χ1v) is 13.2. The maximum Gasteiger partial charge on any atom is 0.503 e. The molecule has 4 fully saturated rings. The molecule has 1 saturated heterocycles. The molecule has 0 N–H and O–H groups in total. The summed E-state index contributed by atoms with van der Waals surface area (Å²) in [5, 5.41) is 0. The number of hydrogen-bond acceptors (Lipinski definition) is 6. The third-order valence-corrected chi connectivity index (χ3v) is 10.6. The average Bonchev–Trinajstić information content (AvgIpc) is 2.99. The van der Waals surface area contributed by atoms with Gasteiger partial charge in [0.25, 0.3) is 0 Å². The number of rotatable bonds is 4. The van der Waals surface area contributed by atoms with Crippen LogP contribution in [0.4, 0.5) is 0 Å². The molecule has 32 heavy (non-hydrogen) atoms. The predicted octanol–water partition coefficient (Wildman–Crippen LogP) is 3.23. The summed E-state index contributed by atoms with van der Waals surface area (Å²) in [6.07, 6.45) is 9.29.